The predicted octanol–water partition coefficient (Wildman–Crippen LogP) is 3.72. The zero-order valence-corrected chi connectivity index (χ0v) is 14.6. The number of amides is 1. The van der Waals surface area contributed by atoms with Gasteiger partial charge in [0.1, 0.15) is 18.1 Å². The van der Waals surface area contributed by atoms with E-state index in [1.165, 1.54) is 5.56 Å². The molecule has 1 amide bonds. The van der Waals surface area contributed by atoms with E-state index in [1.807, 2.05) is 12.1 Å². The smallest absolute Gasteiger partial charge is 0.287 e. The first-order valence-corrected chi connectivity index (χ1v) is 8.95. The quantitative estimate of drug-likeness (QED) is 0.793. The van der Waals surface area contributed by atoms with E-state index in [1.54, 1.807) is 12.1 Å². The molecule has 1 aromatic carbocycles. The Bertz CT molecular complexity index is 671. The van der Waals surface area contributed by atoms with E-state index in [9.17, 15) is 4.79 Å². The molecule has 2 heterocycles. The van der Waals surface area contributed by atoms with Gasteiger partial charge in [-0.1, -0.05) is 25.5 Å². The SMILES string of the molecule is CCCc1ccc(OCc2ccc(C(=O)NCC3CCCO3)o2)cc1. The van der Waals surface area contributed by atoms with Gasteiger partial charge in [0, 0.05) is 13.2 Å². The van der Waals surface area contributed by atoms with Crippen LogP contribution in [0.4, 0.5) is 0 Å². The third kappa shape index (κ3) is 5.10. The van der Waals surface area contributed by atoms with Crippen molar-refractivity contribution in [1.82, 2.24) is 5.32 Å². The lowest BCUT2D eigenvalue weighted by Crippen LogP contribution is -2.31. The third-order valence-electron chi connectivity index (χ3n) is 4.24. The Morgan fingerprint density at radius 3 is 2.80 bits per heavy atom. The van der Waals surface area contributed by atoms with Crippen LogP contribution in [-0.4, -0.2) is 25.2 Å². The predicted molar refractivity (Wildman–Crippen MR) is 94.8 cm³/mol. The molecule has 5 nitrogen and oxygen atoms in total. The number of benzene rings is 1. The summed E-state index contributed by atoms with van der Waals surface area (Å²) < 4.78 is 16.8. The van der Waals surface area contributed by atoms with Crippen LogP contribution >= 0.6 is 0 Å². The lowest BCUT2D eigenvalue weighted by atomic mass is 10.1. The van der Waals surface area contributed by atoms with Crippen molar-refractivity contribution in [3.8, 4) is 5.75 Å². The molecule has 5 heteroatoms. The molecule has 1 unspecified atom stereocenters. The van der Waals surface area contributed by atoms with Gasteiger partial charge in [0.25, 0.3) is 5.91 Å². The number of carbonyl (C=O) groups is 1. The highest BCUT2D eigenvalue weighted by atomic mass is 16.5. The van der Waals surface area contributed by atoms with Crippen LogP contribution in [0, 0.1) is 0 Å². The number of aryl methyl sites for hydroxylation is 1. The molecule has 0 radical (unpaired) electrons. The molecule has 134 valence electrons. The van der Waals surface area contributed by atoms with Gasteiger partial charge < -0.3 is 19.2 Å². The topological polar surface area (TPSA) is 60.7 Å². The van der Waals surface area contributed by atoms with E-state index < -0.39 is 0 Å². The third-order valence-corrected chi connectivity index (χ3v) is 4.24. The van der Waals surface area contributed by atoms with E-state index in [4.69, 9.17) is 13.9 Å². The van der Waals surface area contributed by atoms with E-state index in [-0.39, 0.29) is 12.0 Å². The van der Waals surface area contributed by atoms with Gasteiger partial charge in [0.05, 0.1) is 6.10 Å². The van der Waals surface area contributed by atoms with Crippen LogP contribution in [0.3, 0.4) is 0 Å². The molecular weight excluding hydrogens is 318 g/mol. The molecule has 1 fully saturated rings. The Morgan fingerprint density at radius 2 is 2.08 bits per heavy atom. The van der Waals surface area contributed by atoms with Crippen molar-refractivity contribution in [1.29, 1.82) is 0 Å². The van der Waals surface area contributed by atoms with Crippen LogP contribution in [0.25, 0.3) is 0 Å². The zero-order chi connectivity index (χ0) is 17.5. The Hall–Kier alpha value is -2.27. The first-order chi connectivity index (χ1) is 12.2. The average molecular weight is 343 g/mol. The van der Waals surface area contributed by atoms with Crippen molar-refractivity contribution < 1.29 is 18.7 Å². The highest BCUT2D eigenvalue weighted by Crippen LogP contribution is 2.17. The second-order valence-corrected chi connectivity index (χ2v) is 6.29. The van der Waals surface area contributed by atoms with Gasteiger partial charge in [0.15, 0.2) is 5.76 Å². The Labute approximate surface area is 148 Å². The maximum atomic E-state index is 12.1. The highest BCUT2D eigenvalue weighted by Gasteiger charge is 2.18. The molecule has 3 rings (SSSR count). The van der Waals surface area contributed by atoms with Crippen molar-refractivity contribution >= 4 is 5.91 Å². The molecule has 25 heavy (non-hydrogen) atoms. The molecule has 1 atom stereocenters. The van der Waals surface area contributed by atoms with Crippen molar-refractivity contribution in [2.75, 3.05) is 13.2 Å². The second-order valence-electron chi connectivity index (χ2n) is 6.29. The van der Waals surface area contributed by atoms with Crippen molar-refractivity contribution in [2.24, 2.45) is 0 Å². The van der Waals surface area contributed by atoms with E-state index in [0.717, 1.165) is 38.0 Å². The van der Waals surface area contributed by atoms with Crippen LogP contribution in [0.2, 0.25) is 0 Å². The minimum atomic E-state index is -0.217. The summed E-state index contributed by atoms with van der Waals surface area (Å²) in [7, 11) is 0. The van der Waals surface area contributed by atoms with Gasteiger partial charge in [-0.05, 0) is 49.1 Å². The Balaban J connectivity index is 1.46. The van der Waals surface area contributed by atoms with Crippen molar-refractivity contribution in [3.63, 3.8) is 0 Å². The first-order valence-electron chi connectivity index (χ1n) is 8.95. The minimum Gasteiger partial charge on any atom is -0.486 e. The molecule has 1 aromatic heterocycles. The zero-order valence-electron chi connectivity index (χ0n) is 14.6. The lowest BCUT2D eigenvalue weighted by Gasteiger charge is -2.09. The summed E-state index contributed by atoms with van der Waals surface area (Å²) in [5.41, 5.74) is 1.30. The van der Waals surface area contributed by atoms with E-state index in [0.29, 0.717) is 24.7 Å². The largest absolute Gasteiger partial charge is 0.486 e. The van der Waals surface area contributed by atoms with Crippen molar-refractivity contribution in [2.45, 2.75) is 45.3 Å². The second kappa shape index (κ2) is 8.72. The maximum Gasteiger partial charge on any atom is 0.287 e. The normalized spacial score (nSPS) is 16.8. The van der Waals surface area contributed by atoms with Gasteiger partial charge in [-0.25, -0.2) is 0 Å². The number of rotatable bonds is 8. The van der Waals surface area contributed by atoms with E-state index >= 15 is 0 Å². The number of furan rings is 1. The fourth-order valence-corrected chi connectivity index (χ4v) is 2.87. The number of ether oxygens (including phenoxy) is 2. The van der Waals surface area contributed by atoms with Crippen LogP contribution < -0.4 is 10.1 Å². The molecule has 1 saturated heterocycles. The van der Waals surface area contributed by atoms with Crippen LogP contribution in [0.1, 0.15) is 48.1 Å². The van der Waals surface area contributed by atoms with Crippen molar-refractivity contribution in [3.05, 3.63) is 53.5 Å². The fraction of sp³-hybridized carbons (Fsp3) is 0.450. The fourth-order valence-electron chi connectivity index (χ4n) is 2.87. The highest BCUT2D eigenvalue weighted by molar-refractivity contribution is 5.91. The monoisotopic (exact) mass is 343 g/mol. The molecule has 1 N–H and O–H groups in total. The summed E-state index contributed by atoms with van der Waals surface area (Å²) >= 11 is 0. The first kappa shape index (κ1) is 17.5. The van der Waals surface area contributed by atoms with Gasteiger partial charge >= 0.3 is 0 Å². The minimum absolute atomic E-state index is 0.123. The van der Waals surface area contributed by atoms with Crippen LogP contribution in [0.15, 0.2) is 40.8 Å². The number of nitrogens with one attached hydrogen (secondary N) is 1. The Morgan fingerprint density at radius 1 is 1.24 bits per heavy atom. The van der Waals surface area contributed by atoms with Crippen LogP contribution in [0.5, 0.6) is 5.75 Å². The van der Waals surface area contributed by atoms with Gasteiger partial charge in [-0.2, -0.15) is 0 Å². The van der Waals surface area contributed by atoms with Gasteiger partial charge in [-0.15, -0.1) is 0 Å². The van der Waals surface area contributed by atoms with E-state index in [2.05, 4.69) is 24.4 Å². The summed E-state index contributed by atoms with van der Waals surface area (Å²) in [6.07, 6.45) is 4.38. The summed E-state index contributed by atoms with van der Waals surface area (Å²) in [5.74, 6) is 1.50. The standard InChI is InChI=1S/C20H25NO4/c1-2-4-15-6-8-16(9-7-15)24-14-18-10-11-19(25-18)20(22)21-13-17-5-3-12-23-17/h6-11,17H,2-5,12-14H2,1H3,(H,21,22). The summed E-state index contributed by atoms with van der Waals surface area (Å²) in [6, 6.07) is 11.5. The maximum absolute atomic E-state index is 12.1. The number of hydrogen-bond donors (Lipinski definition) is 1. The summed E-state index contributed by atoms with van der Waals surface area (Å²) in [4.78, 5) is 12.1. The van der Waals surface area contributed by atoms with Crippen LogP contribution in [-0.2, 0) is 17.8 Å². The summed E-state index contributed by atoms with van der Waals surface area (Å²) in [5, 5.41) is 2.85. The molecule has 1 aliphatic rings. The molecule has 0 saturated carbocycles. The summed E-state index contributed by atoms with van der Waals surface area (Å²) in [6.45, 7) is 3.76. The Kier molecular flexibility index (Phi) is 6.12. The number of carbonyl (C=O) groups excluding carboxylic acids is 1. The van der Waals surface area contributed by atoms with Gasteiger partial charge in [-0.3, -0.25) is 4.79 Å². The molecule has 2 aromatic rings. The molecule has 0 bridgehead atoms. The molecule has 0 aliphatic carbocycles. The lowest BCUT2D eigenvalue weighted by molar-refractivity contribution is 0.0832. The number of hydrogen-bond acceptors (Lipinski definition) is 4. The average Bonchev–Trinajstić information content (AvgIpc) is 3.31. The molecule has 0 spiro atoms. The molecular formula is C20H25NO4. The molecule has 1 aliphatic heterocycles. The van der Waals surface area contributed by atoms with Gasteiger partial charge in [0.2, 0.25) is 0 Å².